The number of hydrogen-bond donors (Lipinski definition) is 2. The smallest absolute Gasteiger partial charge is 0.142 e. The van der Waals surface area contributed by atoms with Crippen molar-refractivity contribution in [1.82, 2.24) is 5.32 Å². The van der Waals surface area contributed by atoms with Crippen LogP contribution in [-0.2, 0) is 0 Å². The standard InChI is InChI=1S/C15H24N2O2/c1-4-19-14-8-6-5-7-13(14)17-12(10-18)9-16-11-15(17,2)3/h5-8,12,16,18H,4,9-11H2,1-3H3. The van der Waals surface area contributed by atoms with Crippen LogP contribution in [0.3, 0.4) is 0 Å². The predicted octanol–water partition coefficient (Wildman–Crippen LogP) is 1.63. The summed E-state index contributed by atoms with van der Waals surface area (Å²) in [7, 11) is 0. The fraction of sp³-hybridized carbons (Fsp3) is 0.600. The summed E-state index contributed by atoms with van der Waals surface area (Å²) >= 11 is 0. The number of rotatable bonds is 4. The first-order valence-corrected chi connectivity index (χ1v) is 6.93. The van der Waals surface area contributed by atoms with Crippen LogP contribution in [0.5, 0.6) is 5.75 Å². The van der Waals surface area contributed by atoms with Crippen molar-refractivity contribution in [1.29, 1.82) is 0 Å². The van der Waals surface area contributed by atoms with Crippen LogP contribution in [0.4, 0.5) is 5.69 Å². The summed E-state index contributed by atoms with van der Waals surface area (Å²) in [5.41, 5.74) is 1.01. The summed E-state index contributed by atoms with van der Waals surface area (Å²) < 4.78 is 5.73. The van der Waals surface area contributed by atoms with Crippen molar-refractivity contribution < 1.29 is 9.84 Å². The molecule has 4 nitrogen and oxygen atoms in total. The van der Waals surface area contributed by atoms with E-state index in [-0.39, 0.29) is 18.2 Å². The number of hydrogen-bond acceptors (Lipinski definition) is 4. The SMILES string of the molecule is CCOc1ccccc1N1C(CO)CNCC1(C)C. The highest BCUT2D eigenvalue weighted by Gasteiger charge is 2.37. The fourth-order valence-electron chi connectivity index (χ4n) is 2.82. The Hall–Kier alpha value is -1.26. The number of piperazine rings is 1. The van der Waals surface area contributed by atoms with Gasteiger partial charge in [-0.3, -0.25) is 0 Å². The minimum Gasteiger partial charge on any atom is -0.492 e. The number of nitrogens with one attached hydrogen (secondary N) is 1. The van der Waals surface area contributed by atoms with E-state index in [0.29, 0.717) is 6.61 Å². The Labute approximate surface area is 115 Å². The second-order valence-electron chi connectivity index (χ2n) is 5.55. The van der Waals surface area contributed by atoms with Crippen LogP contribution in [0.1, 0.15) is 20.8 Å². The molecule has 19 heavy (non-hydrogen) atoms. The lowest BCUT2D eigenvalue weighted by molar-refractivity contribution is 0.210. The zero-order valence-electron chi connectivity index (χ0n) is 12.0. The quantitative estimate of drug-likeness (QED) is 0.867. The van der Waals surface area contributed by atoms with Crippen LogP contribution in [0, 0.1) is 0 Å². The van der Waals surface area contributed by atoms with Crippen molar-refractivity contribution in [2.45, 2.75) is 32.4 Å². The Morgan fingerprint density at radius 3 is 2.84 bits per heavy atom. The van der Waals surface area contributed by atoms with Gasteiger partial charge in [0.2, 0.25) is 0 Å². The maximum atomic E-state index is 9.65. The van der Waals surface area contributed by atoms with Crippen LogP contribution in [-0.4, -0.2) is 43.0 Å². The van der Waals surface area contributed by atoms with Gasteiger partial charge in [-0.25, -0.2) is 0 Å². The van der Waals surface area contributed by atoms with Gasteiger partial charge in [-0.05, 0) is 32.9 Å². The Morgan fingerprint density at radius 1 is 1.42 bits per heavy atom. The lowest BCUT2D eigenvalue weighted by atomic mass is 9.95. The molecule has 1 aromatic carbocycles. The van der Waals surface area contributed by atoms with Gasteiger partial charge in [-0.1, -0.05) is 12.1 Å². The van der Waals surface area contributed by atoms with Crippen molar-refractivity contribution >= 4 is 5.69 Å². The Morgan fingerprint density at radius 2 is 2.16 bits per heavy atom. The molecular weight excluding hydrogens is 240 g/mol. The van der Waals surface area contributed by atoms with E-state index >= 15 is 0 Å². The molecule has 1 aromatic rings. The lowest BCUT2D eigenvalue weighted by Crippen LogP contribution is -2.64. The van der Waals surface area contributed by atoms with Crippen molar-refractivity contribution in [3.05, 3.63) is 24.3 Å². The largest absolute Gasteiger partial charge is 0.492 e. The fourth-order valence-corrected chi connectivity index (χ4v) is 2.82. The number of benzene rings is 1. The molecule has 1 heterocycles. The van der Waals surface area contributed by atoms with Gasteiger partial charge < -0.3 is 20.1 Å². The number of para-hydroxylation sites is 2. The summed E-state index contributed by atoms with van der Waals surface area (Å²) in [6, 6.07) is 8.14. The van der Waals surface area contributed by atoms with Gasteiger partial charge in [0.25, 0.3) is 0 Å². The second kappa shape index (κ2) is 5.80. The van der Waals surface area contributed by atoms with Crippen molar-refractivity contribution in [2.24, 2.45) is 0 Å². The summed E-state index contributed by atoms with van der Waals surface area (Å²) in [5.74, 6) is 0.887. The molecule has 2 N–H and O–H groups in total. The topological polar surface area (TPSA) is 44.7 Å². The zero-order valence-corrected chi connectivity index (χ0v) is 12.0. The summed E-state index contributed by atoms with van der Waals surface area (Å²) in [6.07, 6.45) is 0. The van der Waals surface area contributed by atoms with Crippen molar-refractivity contribution in [2.75, 3.05) is 31.2 Å². The summed E-state index contributed by atoms with van der Waals surface area (Å²) in [6.45, 7) is 8.83. The molecule has 2 rings (SSSR count). The normalized spacial score (nSPS) is 22.3. The molecule has 4 heteroatoms. The van der Waals surface area contributed by atoms with Crippen LogP contribution in [0.15, 0.2) is 24.3 Å². The molecule has 0 saturated carbocycles. The molecule has 0 aliphatic carbocycles. The van der Waals surface area contributed by atoms with E-state index in [1.807, 2.05) is 25.1 Å². The van der Waals surface area contributed by atoms with E-state index in [1.165, 1.54) is 0 Å². The number of aliphatic hydroxyl groups is 1. The molecule has 1 aliphatic rings. The van der Waals surface area contributed by atoms with Gasteiger partial charge in [0.05, 0.1) is 24.9 Å². The highest BCUT2D eigenvalue weighted by Crippen LogP contribution is 2.35. The first-order chi connectivity index (χ1) is 9.10. The Kier molecular flexibility index (Phi) is 4.32. The Bertz CT molecular complexity index is 420. The molecule has 1 saturated heterocycles. The Balaban J connectivity index is 2.40. The van der Waals surface area contributed by atoms with Gasteiger partial charge in [0, 0.05) is 18.6 Å². The molecule has 0 bridgehead atoms. The molecule has 1 aliphatic heterocycles. The van der Waals surface area contributed by atoms with Crippen LogP contribution < -0.4 is 15.0 Å². The van der Waals surface area contributed by atoms with Gasteiger partial charge in [0.1, 0.15) is 5.75 Å². The van der Waals surface area contributed by atoms with Crippen molar-refractivity contribution in [3.8, 4) is 5.75 Å². The van der Waals surface area contributed by atoms with E-state index < -0.39 is 0 Å². The van der Waals surface area contributed by atoms with Gasteiger partial charge in [-0.15, -0.1) is 0 Å². The van der Waals surface area contributed by atoms with E-state index in [1.54, 1.807) is 0 Å². The monoisotopic (exact) mass is 264 g/mol. The third-order valence-corrected chi connectivity index (χ3v) is 3.59. The highest BCUT2D eigenvalue weighted by atomic mass is 16.5. The van der Waals surface area contributed by atoms with Gasteiger partial charge >= 0.3 is 0 Å². The molecule has 1 atom stereocenters. The van der Waals surface area contributed by atoms with Crippen molar-refractivity contribution in [3.63, 3.8) is 0 Å². The first kappa shape index (κ1) is 14.2. The van der Waals surface area contributed by atoms with Gasteiger partial charge in [0.15, 0.2) is 0 Å². The molecule has 0 aromatic heterocycles. The minimum atomic E-state index is -0.0567. The average Bonchev–Trinajstić information content (AvgIpc) is 2.39. The number of anilines is 1. The first-order valence-electron chi connectivity index (χ1n) is 6.93. The van der Waals surface area contributed by atoms with Crippen LogP contribution in [0.25, 0.3) is 0 Å². The maximum Gasteiger partial charge on any atom is 0.142 e. The third kappa shape index (κ3) is 2.85. The molecule has 106 valence electrons. The number of nitrogens with zero attached hydrogens (tertiary/aromatic N) is 1. The van der Waals surface area contributed by atoms with E-state index in [4.69, 9.17) is 4.74 Å². The predicted molar refractivity (Wildman–Crippen MR) is 77.9 cm³/mol. The number of ether oxygens (including phenoxy) is 1. The molecule has 0 amide bonds. The highest BCUT2D eigenvalue weighted by molar-refractivity contribution is 5.61. The maximum absolute atomic E-state index is 9.65. The molecule has 0 spiro atoms. The van der Waals surface area contributed by atoms with Gasteiger partial charge in [-0.2, -0.15) is 0 Å². The lowest BCUT2D eigenvalue weighted by Gasteiger charge is -2.49. The molecule has 0 radical (unpaired) electrons. The van der Waals surface area contributed by atoms with E-state index in [0.717, 1.165) is 24.5 Å². The second-order valence-corrected chi connectivity index (χ2v) is 5.55. The summed E-state index contributed by atoms with van der Waals surface area (Å²) in [5, 5.41) is 13.0. The van der Waals surface area contributed by atoms with E-state index in [2.05, 4.69) is 30.1 Å². The van der Waals surface area contributed by atoms with Crippen LogP contribution in [0.2, 0.25) is 0 Å². The molecular formula is C15H24N2O2. The molecule has 1 fully saturated rings. The van der Waals surface area contributed by atoms with Crippen LogP contribution >= 0.6 is 0 Å². The minimum absolute atomic E-state index is 0.0567. The number of aliphatic hydroxyl groups excluding tert-OH is 1. The van der Waals surface area contributed by atoms with E-state index in [9.17, 15) is 5.11 Å². The zero-order chi connectivity index (χ0) is 13.9. The third-order valence-electron chi connectivity index (χ3n) is 3.59. The summed E-state index contributed by atoms with van der Waals surface area (Å²) in [4.78, 5) is 2.29. The molecule has 1 unspecified atom stereocenters. The average molecular weight is 264 g/mol.